The number of benzene rings is 1. The fraction of sp³-hybridized carbons (Fsp3) is 0.421. The second kappa shape index (κ2) is 7.68. The number of aliphatic carboxylic acids is 1. The van der Waals surface area contributed by atoms with E-state index in [1.807, 2.05) is 0 Å². The normalized spacial score (nSPS) is 16.2. The van der Waals surface area contributed by atoms with Gasteiger partial charge in [-0.2, -0.15) is 5.10 Å². The topological polar surface area (TPSA) is 84.2 Å². The number of carbonyl (C=O) groups is 2. The Morgan fingerprint density at radius 3 is 2.50 bits per heavy atom. The van der Waals surface area contributed by atoms with E-state index in [2.05, 4.69) is 10.4 Å². The zero-order chi connectivity index (χ0) is 18.7. The number of carboxylic acid groups (broad SMARTS) is 1. The third kappa shape index (κ3) is 3.92. The average Bonchev–Trinajstić information content (AvgIpc) is 3.02. The highest BCUT2D eigenvalue weighted by Crippen LogP contribution is 2.27. The highest BCUT2D eigenvalue weighted by molar-refractivity contribution is 5.95. The molecular weight excluding hydrogens is 337 g/mol. The number of nitrogens with one attached hydrogen (secondary N) is 1. The molecule has 1 aliphatic carbocycles. The Labute approximate surface area is 151 Å². The van der Waals surface area contributed by atoms with Gasteiger partial charge in [-0.3, -0.25) is 4.79 Å². The molecule has 1 aliphatic rings. The van der Waals surface area contributed by atoms with Crippen LogP contribution in [0.25, 0.3) is 5.69 Å². The lowest BCUT2D eigenvalue weighted by Crippen LogP contribution is -2.46. The smallest absolute Gasteiger partial charge is 0.326 e. The molecule has 0 radical (unpaired) electrons. The first kappa shape index (κ1) is 18.1. The van der Waals surface area contributed by atoms with E-state index in [-0.39, 0.29) is 17.4 Å². The molecule has 3 rings (SSSR count). The van der Waals surface area contributed by atoms with Crippen molar-refractivity contribution in [2.75, 3.05) is 0 Å². The van der Waals surface area contributed by atoms with E-state index in [0.717, 1.165) is 32.1 Å². The molecule has 7 heteroatoms. The molecule has 26 heavy (non-hydrogen) atoms. The van der Waals surface area contributed by atoms with Gasteiger partial charge in [-0.05, 0) is 56.0 Å². The van der Waals surface area contributed by atoms with Crippen LogP contribution in [0.2, 0.25) is 0 Å². The van der Waals surface area contributed by atoms with Crippen molar-refractivity contribution in [1.29, 1.82) is 0 Å². The van der Waals surface area contributed by atoms with Crippen LogP contribution in [0.1, 0.15) is 48.3 Å². The number of nitrogens with zero attached hydrogens (tertiary/aromatic N) is 2. The summed E-state index contributed by atoms with van der Waals surface area (Å²) in [4.78, 5) is 24.2. The Bertz CT molecular complexity index is 795. The van der Waals surface area contributed by atoms with Crippen molar-refractivity contribution < 1.29 is 19.1 Å². The lowest BCUT2D eigenvalue weighted by atomic mass is 9.84. The summed E-state index contributed by atoms with van der Waals surface area (Å²) in [6, 6.07) is 6.47. The Kier molecular flexibility index (Phi) is 5.35. The Morgan fingerprint density at radius 2 is 1.88 bits per heavy atom. The van der Waals surface area contributed by atoms with E-state index in [9.17, 15) is 19.1 Å². The van der Waals surface area contributed by atoms with Gasteiger partial charge in [0.25, 0.3) is 5.91 Å². The van der Waals surface area contributed by atoms with E-state index in [1.54, 1.807) is 25.1 Å². The van der Waals surface area contributed by atoms with E-state index in [4.69, 9.17) is 0 Å². The van der Waals surface area contributed by atoms with Gasteiger partial charge in [-0.15, -0.1) is 0 Å². The second-order valence-corrected chi connectivity index (χ2v) is 6.75. The van der Waals surface area contributed by atoms with E-state index in [0.29, 0.717) is 11.4 Å². The predicted octanol–water partition coefficient (Wildman–Crippen LogP) is 3.08. The summed E-state index contributed by atoms with van der Waals surface area (Å²) in [6.45, 7) is 1.78. The zero-order valence-electron chi connectivity index (χ0n) is 14.6. The first-order chi connectivity index (χ1) is 12.5. The van der Waals surface area contributed by atoms with E-state index >= 15 is 0 Å². The Morgan fingerprint density at radius 1 is 1.23 bits per heavy atom. The molecule has 0 saturated heterocycles. The maximum atomic E-state index is 13.1. The predicted molar refractivity (Wildman–Crippen MR) is 93.7 cm³/mol. The van der Waals surface area contributed by atoms with Crippen LogP contribution in [-0.2, 0) is 4.79 Å². The van der Waals surface area contributed by atoms with Gasteiger partial charge in [0.15, 0.2) is 5.69 Å². The summed E-state index contributed by atoms with van der Waals surface area (Å²) in [7, 11) is 0. The summed E-state index contributed by atoms with van der Waals surface area (Å²) in [5.74, 6) is -1.93. The van der Waals surface area contributed by atoms with Crippen LogP contribution in [0.3, 0.4) is 0 Å². The van der Waals surface area contributed by atoms with E-state index < -0.39 is 17.9 Å². The lowest BCUT2D eigenvalue weighted by molar-refractivity contribution is -0.141. The van der Waals surface area contributed by atoms with Crippen molar-refractivity contribution >= 4 is 11.9 Å². The molecule has 1 heterocycles. The van der Waals surface area contributed by atoms with Gasteiger partial charge in [0, 0.05) is 5.69 Å². The van der Waals surface area contributed by atoms with Gasteiger partial charge >= 0.3 is 5.97 Å². The molecule has 1 aromatic heterocycles. The molecule has 0 spiro atoms. The summed E-state index contributed by atoms with van der Waals surface area (Å²) >= 11 is 0. The number of amides is 1. The number of aryl methyl sites for hydroxylation is 1. The summed E-state index contributed by atoms with van der Waals surface area (Å²) in [5, 5.41) is 16.4. The molecule has 1 saturated carbocycles. The van der Waals surface area contributed by atoms with Crippen LogP contribution in [0, 0.1) is 18.7 Å². The quantitative estimate of drug-likeness (QED) is 0.859. The molecule has 1 amide bonds. The summed E-state index contributed by atoms with van der Waals surface area (Å²) in [6.07, 6.45) is 4.70. The maximum Gasteiger partial charge on any atom is 0.326 e. The van der Waals surface area contributed by atoms with Crippen molar-refractivity contribution in [3.05, 3.63) is 47.5 Å². The Balaban J connectivity index is 1.77. The minimum atomic E-state index is -1.01. The van der Waals surface area contributed by atoms with Crippen LogP contribution in [0.15, 0.2) is 30.3 Å². The molecule has 1 atom stereocenters. The summed E-state index contributed by atoms with van der Waals surface area (Å²) in [5.41, 5.74) is 1.48. The van der Waals surface area contributed by atoms with Crippen LogP contribution < -0.4 is 5.32 Å². The number of rotatable bonds is 5. The first-order valence-corrected chi connectivity index (χ1v) is 8.82. The SMILES string of the molecule is Cc1cc(C(=O)NC(C(=O)O)C2CCCCC2)nn1-c1ccc(F)cc1. The highest BCUT2D eigenvalue weighted by atomic mass is 19.1. The fourth-order valence-electron chi connectivity index (χ4n) is 3.49. The number of carboxylic acids is 1. The molecule has 1 fully saturated rings. The van der Waals surface area contributed by atoms with Crippen molar-refractivity contribution in [1.82, 2.24) is 15.1 Å². The zero-order valence-corrected chi connectivity index (χ0v) is 14.6. The second-order valence-electron chi connectivity index (χ2n) is 6.75. The summed E-state index contributed by atoms with van der Waals surface area (Å²) < 4.78 is 14.6. The highest BCUT2D eigenvalue weighted by Gasteiger charge is 2.31. The molecule has 2 N–H and O–H groups in total. The number of hydrogen-bond donors (Lipinski definition) is 2. The number of carbonyl (C=O) groups excluding carboxylic acids is 1. The molecular formula is C19H22FN3O3. The van der Waals surface area contributed by atoms with Gasteiger partial charge in [0.05, 0.1) is 5.69 Å². The van der Waals surface area contributed by atoms with Crippen LogP contribution >= 0.6 is 0 Å². The molecule has 0 aliphatic heterocycles. The number of aromatic nitrogens is 2. The largest absolute Gasteiger partial charge is 0.480 e. The van der Waals surface area contributed by atoms with Crippen LogP contribution in [-0.4, -0.2) is 32.8 Å². The van der Waals surface area contributed by atoms with Crippen molar-refractivity contribution in [2.24, 2.45) is 5.92 Å². The van der Waals surface area contributed by atoms with Crippen molar-refractivity contribution in [3.63, 3.8) is 0 Å². The fourth-order valence-corrected chi connectivity index (χ4v) is 3.49. The molecule has 138 valence electrons. The lowest BCUT2D eigenvalue weighted by Gasteiger charge is -2.27. The van der Waals surface area contributed by atoms with Gasteiger partial charge in [0.1, 0.15) is 11.9 Å². The Hall–Kier alpha value is -2.70. The molecule has 1 aromatic carbocycles. The van der Waals surface area contributed by atoms with Gasteiger partial charge in [0.2, 0.25) is 0 Å². The number of halogens is 1. The molecule has 1 unspecified atom stereocenters. The van der Waals surface area contributed by atoms with Crippen LogP contribution in [0.4, 0.5) is 4.39 Å². The molecule has 0 bridgehead atoms. The standard InChI is InChI=1S/C19H22FN3O3/c1-12-11-16(22-23(12)15-9-7-14(20)8-10-15)18(24)21-17(19(25)26)13-5-3-2-4-6-13/h7-11,13,17H,2-6H2,1H3,(H,21,24)(H,25,26). The third-order valence-electron chi connectivity index (χ3n) is 4.87. The molecule has 6 nitrogen and oxygen atoms in total. The van der Waals surface area contributed by atoms with Crippen molar-refractivity contribution in [3.8, 4) is 5.69 Å². The van der Waals surface area contributed by atoms with Crippen molar-refractivity contribution in [2.45, 2.75) is 45.1 Å². The van der Waals surface area contributed by atoms with Gasteiger partial charge < -0.3 is 10.4 Å². The maximum absolute atomic E-state index is 13.1. The van der Waals surface area contributed by atoms with Crippen LogP contribution in [0.5, 0.6) is 0 Å². The number of hydrogen-bond acceptors (Lipinski definition) is 3. The third-order valence-corrected chi connectivity index (χ3v) is 4.87. The molecule has 2 aromatic rings. The average molecular weight is 359 g/mol. The minimum Gasteiger partial charge on any atom is -0.480 e. The van der Waals surface area contributed by atoms with Gasteiger partial charge in [-0.1, -0.05) is 19.3 Å². The minimum absolute atomic E-state index is 0.0505. The monoisotopic (exact) mass is 359 g/mol. The first-order valence-electron chi connectivity index (χ1n) is 8.82. The van der Waals surface area contributed by atoms with Gasteiger partial charge in [-0.25, -0.2) is 13.9 Å². The van der Waals surface area contributed by atoms with E-state index in [1.165, 1.54) is 16.8 Å².